The second-order valence-corrected chi connectivity index (χ2v) is 4.57. The van der Waals surface area contributed by atoms with Crippen molar-refractivity contribution in [1.29, 1.82) is 0 Å². The zero-order chi connectivity index (χ0) is 10.9. The van der Waals surface area contributed by atoms with Gasteiger partial charge in [0.05, 0.1) is 12.1 Å². The van der Waals surface area contributed by atoms with Crippen molar-refractivity contribution in [1.82, 2.24) is 4.90 Å². The summed E-state index contributed by atoms with van der Waals surface area (Å²) in [5.74, 6) is -0.202. The molecular formula is C11H17NO3. The molecular weight excluding hydrogens is 194 g/mol. The molecule has 2 amide bonds. The lowest BCUT2D eigenvalue weighted by Crippen LogP contribution is -2.55. The van der Waals surface area contributed by atoms with Crippen LogP contribution in [0.4, 0.5) is 0 Å². The standard InChI is InChI=1S/C11H17NO3/c13-8-11(6-2-1-3-7-11)12-9(14)4-5-10(12)15/h13H,1-8H2. The number of imide groups is 1. The van der Waals surface area contributed by atoms with Gasteiger partial charge < -0.3 is 5.11 Å². The van der Waals surface area contributed by atoms with Crippen molar-refractivity contribution in [3.05, 3.63) is 0 Å². The van der Waals surface area contributed by atoms with Crippen LogP contribution in [0.1, 0.15) is 44.9 Å². The van der Waals surface area contributed by atoms with Crippen LogP contribution in [0, 0.1) is 0 Å². The van der Waals surface area contributed by atoms with Gasteiger partial charge in [-0.3, -0.25) is 14.5 Å². The maximum atomic E-state index is 11.6. The first kappa shape index (κ1) is 10.6. The molecule has 0 aromatic carbocycles. The highest BCUT2D eigenvalue weighted by Gasteiger charge is 2.46. The van der Waals surface area contributed by atoms with E-state index < -0.39 is 5.54 Å². The van der Waals surface area contributed by atoms with E-state index in [-0.39, 0.29) is 18.4 Å². The Labute approximate surface area is 89.3 Å². The van der Waals surface area contributed by atoms with Crippen LogP contribution in [0.15, 0.2) is 0 Å². The summed E-state index contributed by atoms with van der Waals surface area (Å²) < 4.78 is 0. The lowest BCUT2D eigenvalue weighted by Gasteiger charge is -2.42. The minimum Gasteiger partial charge on any atom is -0.394 e. The van der Waals surface area contributed by atoms with Crippen LogP contribution < -0.4 is 0 Å². The number of carbonyl (C=O) groups is 2. The summed E-state index contributed by atoms with van der Waals surface area (Å²) in [5.41, 5.74) is -0.567. The molecule has 1 saturated carbocycles. The van der Waals surface area contributed by atoms with Gasteiger partial charge in [-0.05, 0) is 12.8 Å². The zero-order valence-electron chi connectivity index (χ0n) is 8.87. The van der Waals surface area contributed by atoms with Crippen molar-refractivity contribution < 1.29 is 14.7 Å². The third kappa shape index (κ3) is 1.67. The smallest absolute Gasteiger partial charge is 0.230 e. The first-order chi connectivity index (χ1) is 7.19. The number of aliphatic hydroxyl groups is 1. The van der Waals surface area contributed by atoms with E-state index >= 15 is 0 Å². The monoisotopic (exact) mass is 211 g/mol. The molecule has 2 rings (SSSR count). The van der Waals surface area contributed by atoms with Gasteiger partial charge in [0.25, 0.3) is 0 Å². The molecule has 0 atom stereocenters. The molecule has 2 fully saturated rings. The van der Waals surface area contributed by atoms with Crippen LogP contribution in [0.3, 0.4) is 0 Å². The van der Waals surface area contributed by atoms with Gasteiger partial charge in [-0.1, -0.05) is 19.3 Å². The predicted molar refractivity (Wildman–Crippen MR) is 54.0 cm³/mol. The first-order valence-corrected chi connectivity index (χ1v) is 5.66. The number of rotatable bonds is 2. The number of amides is 2. The molecule has 0 spiro atoms. The van der Waals surface area contributed by atoms with Gasteiger partial charge in [-0.15, -0.1) is 0 Å². The van der Waals surface area contributed by atoms with Crippen LogP contribution in [0.5, 0.6) is 0 Å². The summed E-state index contributed by atoms with van der Waals surface area (Å²) in [6.45, 7) is -0.0789. The Hall–Kier alpha value is -0.900. The van der Waals surface area contributed by atoms with Crippen LogP contribution in [-0.2, 0) is 9.59 Å². The second kappa shape index (κ2) is 3.93. The molecule has 4 nitrogen and oxygen atoms in total. The minimum atomic E-state index is -0.567. The van der Waals surface area contributed by atoms with Gasteiger partial charge in [-0.2, -0.15) is 0 Å². The maximum absolute atomic E-state index is 11.6. The summed E-state index contributed by atoms with van der Waals surface area (Å²) >= 11 is 0. The van der Waals surface area contributed by atoms with E-state index in [0.29, 0.717) is 12.8 Å². The summed E-state index contributed by atoms with van der Waals surface area (Å²) in [4.78, 5) is 24.6. The van der Waals surface area contributed by atoms with E-state index in [4.69, 9.17) is 0 Å². The molecule has 0 aromatic heterocycles. The average molecular weight is 211 g/mol. The topological polar surface area (TPSA) is 57.6 Å². The SMILES string of the molecule is O=C1CCC(=O)N1C1(CO)CCCCC1. The quantitative estimate of drug-likeness (QED) is 0.688. The van der Waals surface area contributed by atoms with Crippen LogP contribution >= 0.6 is 0 Å². The van der Waals surface area contributed by atoms with Crippen LogP contribution in [0.2, 0.25) is 0 Å². The number of nitrogens with zero attached hydrogens (tertiary/aromatic N) is 1. The summed E-state index contributed by atoms with van der Waals surface area (Å²) in [6.07, 6.45) is 5.30. The normalized spacial score (nSPS) is 26.1. The van der Waals surface area contributed by atoms with Gasteiger partial charge in [0.1, 0.15) is 0 Å². The largest absolute Gasteiger partial charge is 0.394 e. The van der Waals surface area contributed by atoms with E-state index in [1.807, 2.05) is 0 Å². The lowest BCUT2D eigenvalue weighted by atomic mass is 9.81. The molecule has 4 heteroatoms. The summed E-state index contributed by atoms with van der Waals surface area (Å²) in [7, 11) is 0. The molecule has 0 unspecified atom stereocenters. The molecule has 1 aliphatic carbocycles. The molecule has 84 valence electrons. The summed E-state index contributed by atoms with van der Waals surface area (Å²) in [5, 5.41) is 9.49. The average Bonchev–Trinajstić information content (AvgIpc) is 2.60. The highest BCUT2D eigenvalue weighted by molar-refractivity contribution is 6.02. The number of aliphatic hydroxyl groups excluding tert-OH is 1. The van der Waals surface area contributed by atoms with E-state index in [1.54, 1.807) is 0 Å². The van der Waals surface area contributed by atoms with Crippen molar-refractivity contribution in [3.63, 3.8) is 0 Å². The molecule has 1 heterocycles. The Morgan fingerprint density at radius 2 is 1.60 bits per heavy atom. The molecule has 0 radical (unpaired) electrons. The molecule has 0 aromatic rings. The van der Waals surface area contributed by atoms with Gasteiger partial charge in [-0.25, -0.2) is 0 Å². The van der Waals surface area contributed by atoms with Crippen LogP contribution in [-0.4, -0.2) is 34.0 Å². The van der Waals surface area contributed by atoms with Crippen molar-refractivity contribution >= 4 is 11.8 Å². The Morgan fingerprint density at radius 3 is 2.07 bits per heavy atom. The van der Waals surface area contributed by atoms with Crippen molar-refractivity contribution in [2.45, 2.75) is 50.5 Å². The Kier molecular flexibility index (Phi) is 2.78. The van der Waals surface area contributed by atoms with E-state index in [1.165, 1.54) is 4.90 Å². The van der Waals surface area contributed by atoms with E-state index in [2.05, 4.69) is 0 Å². The third-order valence-electron chi connectivity index (χ3n) is 3.60. The molecule has 1 saturated heterocycles. The first-order valence-electron chi connectivity index (χ1n) is 5.66. The highest BCUT2D eigenvalue weighted by Crippen LogP contribution is 2.36. The van der Waals surface area contributed by atoms with Gasteiger partial charge in [0.15, 0.2) is 0 Å². The maximum Gasteiger partial charge on any atom is 0.230 e. The number of likely N-dealkylation sites (tertiary alicyclic amines) is 1. The fourth-order valence-electron chi connectivity index (χ4n) is 2.77. The van der Waals surface area contributed by atoms with Gasteiger partial charge in [0.2, 0.25) is 11.8 Å². The Balaban J connectivity index is 2.24. The Bertz CT molecular complexity index is 266. The highest BCUT2D eigenvalue weighted by atomic mass is 16.3. The number of hydrogen-bond donors (Lipinski definition) is 1. The number of carbonyl (C=O) groups excluding carboxylic acids is 2. The summed E-state index contributed by atoms with van der Waals surface area (Å²) in [6, 6.07) is 0. The molecule has 1 N–H and O–H groups in total. The fraction of sp³-hybridized carbons (Fsp3) is 0.818. The number of hydrogen-bond acceptors (Lipinski definition) is 3. The van der Waals surface area contributed by atoms with Crippen LogP contribution in [0.25, 0.3) is 0 Å². The molecule has 1 aliphatic heterocycles. The molecule has 2 aliphatic rings. The van der Waals surface area contributed by atoms with E-state index in [9.17, 15) is 14.7 Å². The lowest BCUT2D eigenvalue weighted by molar-refractivity contribution is -0.149. The third-order valence-corrected chi connectivity index (χ3v) is 3.60. The second-order valence-electron chi connectivity index (χ2n) is 4.57. The van der Waals surface area contributed by atoms with E-state index in [0.717, 1.165) is 32.1 Å². The van der Waals surface area contributed by atoms with Gasteiger partial charge in [0, 0.05) is 12.8 Å². The minimum absolute atomic E-state index is 0.0789. The molecule has 0 bridgehead atoms. The van der Waals surface area contributed by atoms with Crippen molar-refractivity contribution in [2.75, 3.05) is 6.61 Å². The molecule has 15 heavy (non-hydrogen) atoms. The Morgan fingerprint density at radius 1 is 1.07 bits per heavy atom. The fourth-order valence-corrected chi connectivity index (χ4v) is 2.77. The van der Waals surface area contributed by atoms with Gasteiger partial charge >= 0.3 is 0 Å². The van der Waals surface area contributed by atoms with Crippen molar-refractivity contribution in [3.8, 4) is 0 Å². The van der Waals surface area contributed by atoms with Crippen molar-refractivity contribution in [2.24, 2.45) is 0 Å². The predicted octanol–water partition coefficient (Wildman–Crippen LogP) is 0.831. The zero-order valence-corrected chi connectivity index (χ0v) is 8.87.